The second kappa shape index (κ2) is 8.23. The summed E-state index contributed by atoms with van der Waals surface area (Å²) in [4.78, 5) is 20.7. The Hall–Kier alpha value is -2.53. The van der Waals surface area contributed by atoms with E-state index in [9.17, 15) is 9.18 Å². The van der Waals surface area contributed by atoms with Gasteiger partial charge in [-0.1, -0.05) is 38.1 Å². The number of halogens is 1. The Balaban J connectivity index is 1.95. The van der Waals surface area contributed by atoms with Crippen molar-refractivity contribution in [3.63, 3.8) is 0 Å². The lowest BCUT2D eigenvalue weighted by Crippen LogP contribution is -3.13. The molecule has 26 heavy (non-hydrogen) atoms. The van der Waals surface area contributed by atoms with Crippen LogP contribution in [0.1, 0.15) is 32.3 Å². The van der Waals surface area contributed by atoms with Gasteiger partial charge in [-0.15, -0.1) is 0 Å². The van der Waals surface area contributed by atoms with Crippen LogP contribution < -0.4 is 9.80 Å². The number of anilines is 1. The molecule has 1 amide bonds. The molecular formula is C21H25FN3O+. The summed E-state index contributed by atoms with van der Waals surface area (Å²) in [5.41, 5.74) is 2.54. The highest BCUT2D eigenvalue weighted by Gasteiger charge is 2.35. The zero-order chi connectivity index (χ0) is 18.5. The predicted octanol–water partition coefficient (Wildman–Crippen LogP) is 2.96. The number of aliphatic imine (C=N–C) groups is 1. The van der Waals surface area contributed by atoms with Crippen LogP contribution in [-0.2, 0) is 4.79 Å². The first-order chi connectivity index (χ1) is 12.6. The van der Waals surface area contributed by atoms with Gasteiger partial charge in [-0.3, -0.25) is 9.69 Å². The number of para-hydroxylation sites is 1. The van der Waals surface area contributed by atoms with E-state index in [1.807, 2.05) is 29.2 Å². The Morgan fingerprint density at radius 1 is 1.04 bits per heavy atom. The van der Waals surface area contributed by atoms with Crippen molar-refractivity contribution in [2.45, 2.75) is 26.7 Å². The molecule has 3 rings (SSSR count). The third-order valence-corrected chi connectivity index (χ3v) is 4.54. The molecular weight excluding hydrogens is 329 g/mol. The quantitative estimate of drug-likeness (QED) is 0.816. The lowest BCUT2D eigenvalue weighted by atomic mass is 10.1. The van der Waals surface area contributed by atoms with Crippen LogP contribution in [0.5, 0.6) is 0 Å². The van der Waals surface area contributed by atoms with Crippen molar-refractivity contribution in [1.82, 2.24) is 0 Å². The van der Waals surface area contributed by atoms with Gasteiger partial charge < -0.3 is 4.90 Å². The molecule has 0 unspecified atom stereocenters. The van der Waals surface area contributed by atoms with E-state index in [0.717, 1.165) is 37.2 Å². The molecule has 1 heterocycles. The second-order valence-corrected chi connectivity index (χ2v) is 6.60. The summed E-state index contributed by atoms with van der Waals surface area (Å²) in [7, 11) is 0. The Morgan fingerprint density at radius 3 is 2.46 bits per heavy atom. The van der Waals surface area contributed by atoms with E-state index in [2.05, 4.69) is 18.8 Å². The molecule has 0 bridgehead atoms. The number of hydrogen-bond acceptors (Lipinski definition) is 2. The van der Waals surface area contributed by atoms with Crippen molar-refractivity contribution in [1.29, 1.82) is 0 Å². The average molecular weight is 354 g/mol. The molecule has 1 N–H and O–H groups in total. The number of rotatable bonds is 7. The third-order valence-electron chi connectivity index (χ3n) is 4.54. The van der Waals surface area contributed by atoms with Crippen LogP contribution in [0.2, 0.25) is 0 Å². The van der Waals surface area contributed by atoms with Crippen molar-refractivity contribution in [2.75, 3.05) is 24.7 Å². The standard InChI is InChI=1S/C21H24FN3O/c1-3-12-24(13-4-2)15-25-19-11-6-5-10-18(19)20(21(25)26)23-17-9-7-8-16(22)14-17/h5-11,14H,3-4,12-13,15H2,1-2H3/p+1. The molecule has 0 fully saturated rings. The van der Waals surface area contributed by atoms with E-state index >= 15 is 0 Å². The first-order valence-corrected chi connectivity index (χ1v) is 9.23. The summed E-state index contributed by atoms with van der Waals surface area (Å²) in [5.74, 6) is -0.468. The number of carbonyl (C=O) groups excluding carboxylic acids is 1. The van der Waals surface area contributed by atoms with E-state index in [-0.39, 0.29) is 11.7 Å². The minimum Gasteiger partial charge on any atom is -0.317 e. The molecule has 0 spiro atoms. The molecule has 2 aromatic rings. The molecule has 0 saturated carbocycles. The van der Waals surface area contributed by atoms with Crippen LogP contribution in [0, 0.1) is 5.82 Å². The first-order valence-electron chi connectivity index (χ1n) is 9.23. The summed E-state index contributed by atoms with van der Waals surface area (Å²) in [6, 6.07) is 13.7. The maximum absolute atomic E-state index is 13.5. The van der Waals surface area contributed by atoms with Crippen LogP contribution in [0.3, 0.4) is 0 Å². The normalized spacial score (nSPS) is 15.2. The Bertz CT molecular complexity index is 812. The SMILES string of the molecule is CCC[NH+](CCC)CN1C(=O)C(=Nc2cccc(F)c2)c2ccccc21. The molecule has 1 aliphatic rings. The van der Waals surface area contributed by atoms with Gasteiger partial charge in [-0.25, -0.2) is 9.38 Å². The number of benzene rings is 2. The van der Waals surface area contributed by atoms with Crippen molar-refractivity contribution >= 4 is 23.0 Å². The lowest BCUT2D eigenvalue weighted by Gasteiger charge is -2.24. The maximum Gasteiger partial charge on any atom is 0.281 e. The highest BCUT2D eigenvalue weighted by molar-refractivity contribution is 6.54. The molecule has 0 aromatic heterocycles. The van der Waals surface area contributed by atoms with Crippen molar-refractivity contribution in [3.8, 4) is 0 Å². The zero-order valence-electron chi connectivity index (χ0n) is 15.3. The van der Waals surface area contributed by atoms with Gasteiger partial charge in [0, 0.05) is 5.56 Å². The highest BCUT2D eigenvalue weighted by Crippen LogP contribution is 2.30. The minimum absolute atomic E-state index is 0.111. The molecule has 0 atom stereocenters. The fourth-order valence-corrected chi connectivity index (χ4v) is 3.42. The number of nitrogens with one attached hydrogen (secondary N) is 1. The molecule has 0 radical (unpaired) electrons. The van der Waals surface area contributed by atoms with Gasteiger partial charge in [0.05, 0.1) is 24.5 Å². The Morgan fingerprint density at radius 2 is 1.77 bits per heavy atom. The van der Waals surface area contributed by atoms with E-state index in [4.69, 9.17) is 0 Å². The summed E-state index contributed by atoms with van der Waals surface area (Å²) in [6.07, 6.45) is 2.15. The van der Waals surface area contributed by atoms with Crippen molar-refractivity contribution in [3.05, 3.63) is 59.9 Å². The van der Waals surface area contributed by atoms with Gasteiger partial charge in [-0.05, 0) is 37.1 Å². The predicted molar refractivity (Wildman–Crippen MR) is 103 cm³/mol. The van der Waals surface area contributed by atoms with Crippen molar-refractivity contribution < 1.29 is 14.1 Å². The second-order valence-electron chi connectivity index (χ2n) is 6.60. The number of quaternary nitrogens is 1. The summed E-state index contributed by atoms with van der Waals surface area (Å²) >= 11 is 0. The van der Waals surface area contributed by atoms with Crippen LogP contribution in [0.25, 0.3) is 0 Å². The molecule has 136 valence electrons. The van der Waals surface area contributed by atoms with Crippen molar-refractivity contribution in [2.24, 2.45) is 4.99 Å². The van der Waals surface area contributed by atoms with E-state index in [0.29, 0.717) is 18.1 Å². The topological polar surface area (TPSA) is 37.1 Å². The number of nitrogens with zero attached hydrogens (tertiary/aromatic N) is 2. The van der Waals surface area contributed by atoms with Crippen LogP contribution >= 0.6 is 0 Å². The zero-order valence-corrected chi connectivity index (χ0v) is 15.3. The average Bonchev–Trinajstić information content (AvgIpc) is 2.88. The van der Waals surface area contributed by atoms with Gasteiger partial charge in [0.15, 0.2) is 6.67 Å². The molecule has 0 saturated heterocycles. The number of fused-ring (bicyclic) bond motifs is 1. The first kappa shape index (κ1) is 18.3. The van der Waals surface area contributed by atoms with Crippen LogP contribution in [0.15, 0.2) is 53.5 Å². The Labute approximate surface area is 154 Å². The van der Waals surface area contributed by atoms with E-state index in [1.165, 1.54) is 17.0 Å². The van der Waals surface area contributed by atoms with Gasteiger partial charge in [0.1, 0.15) is 11.5 Å². The molecule has 5 heteroatoms. The molecule has 2 aromatic carbocycles. The van der Waals surface area contributed by atoms with Gasteiger partial charge in [0.2, 0.25) is 0 Å². The van der Waals surface area contributed by atoms with Gasteiger partial charge >= 0.3 is 0 Å². The molecule has 1 aliphatic heterocycles. The maximum atomic E-state index is 13.5. The fraction of sp³-hybridized carbons (Fsp3) is 0.333. The van der Waals surface area contributed by atoms with E-state index < -0.39 is 0 Å². The third kappa shape index (κ3) is 3.83. The van der Waals surface area contributed by atoms with Crippen LogP contribution in [0.4, 0.5) is 15.8 Å². The number of amides is 1. The molecule has 0 aliphatic carbocycles. The monoisotopic (exact) mass is 354 g/mol. The number of carbonyl (C=O) groups is 1. The summed E-state index contributed by atoms with van der Waals surface area (Å²) < 4.78 is 13.5. The molecule has 4 nitrogen and oxygen atoms in total. The summed E-state index contributed by atoms with van der Waals surface area (Å²) in [6.45, 7) is 6.99. The summed E-state index contributed by atoms with van der Waals surface area (Å²) in [5, 5.41) is 0. The number of hydrogen-bond donors (Lipinski definition) is 1. The van der Waals surface area contributed by atoms with Gasteiger partial charge in [0.25, 0.3) is 5.91 Å². The van der Waals surface area contributed by atoms with E-state index in [1.54, 1.807) is 12.1 Å². The van der Waals surface area contributed by atoms with Gasteiger partial charge in [-0.2, -0.15) is 0 Å². The fourth-order valence-electron chi connectivity index (χ4n) is 3.42. The largest absolute Gasteiger partial charge is 0.317 e. The lowest BCUT2D eigenvalue weighted by molar-refractivity contribution is -0.898. The van der Waals surface area contributed by atoms with Crippen LogP contribution in [-0.4, -0.2) is 31.4 Å². The smallest absolute Gasteiger partial charge is 0.281 e. The Kier molecular flexibility index (Phi) is 5.78. The highest BCUT2D eigenvalue weighted by atomic mass is 19.1. The minimum atomic E-state index is -0.357.